The van der Waals surface area contributed by atoms with Gasteiger partial charge >= 0.3 is 6.18 Å². The maximum absolute atomic E-state index is 13.1. The van der Waals surface area contributed by atoms with Crippen LogP contribution in [-0.2, 0) is 22.2 Å². The smallest absolute Gasteiger partial charge is 0.325 e. The monoisotopic (exact) mass is 458 g/mol. The third kappa shape index (κ3) is 4.65. The van der Waals surface area contributed by atoms with Crippen LogP contribution in [0.25, 0.3) is 16.2 Å². The van der Waals surface area contributed by atoms with Crippen molar-refractivity contribution in [2.24, 2.45) is 0 Å². The summed E-state index contributed by atoms with van der Waals surface area (Å²) in [4.78, 5) is 29.3. The minimum absolute atomic E-state index is 0.0830. The molecule has 0 aliphatic heterocycles. The van der Waals surface area contributed by atoms with Crippen molar-refractivity contribution < 1.29 is 22.8 Å². The van der Waals surface area contributed by atoms with Crippen LogP contribution in [0.4, 0.5) is 24.5 Å². The number of amides is 2. The topological polar surface area (TPSA) is 75.5 Å². The Balaban J connectivity index is 1.58. The maximum Gasteiger partial charge on any atom is 0.416 e. The van der Waals surface area contributed by atoms with E-state index in [-0.39, 0.29) is 17.8 Å². The van der Waals surface area contributed by atoms with Crippen molar-refractivity contribution >= 4 is 39.5 Å². The quantitative estimate of drug-likeness (QED) is 0.431. The van der Waals surface area contributed by atoms with Crippen LogP contribution in [0, 0.1) is 0 Å². The number of fused-ring (bicyclic) bond motifs is 1. The molecule has 2 aromatic carbocycles. The zero-order valence-electron chi connectivity index (χ0n) is 16.7. The molecule has 0 bridgehead atoms. The van der Waals surface area contributed by atoms with E-state index in [1.54, 1.807) is 9.78 Å². The second-order valence-electron chi connectivity index (χ2n) is 7.04. The van der Waals surface area contributed by atoms with Gasteiger partial charge in [0.2, 0.25) is 11.8 Å². The molecule has 6 nitrogen and oxygen atoms in total. The van der Waals surface area contributed by atoms with Crippen LogP contribution >= 0.6 is 11.3 Å². The Labute approximate surface area is 184 Å². The van der Waals surface area contributed by atoms with Crippen LogP contribution < -0.4 is 10.6 Å². The van der Waals surface area contributed by atoms with Crippen molar-refractivity contribution in [1.29, 1.82) is 0 Å². The fraction of sp³-hybridized carbons (Fsp3) is 0.136. The van der Waals surface area contributed by atoms with Gasteiger partial charge < -0.3 is 10.6 Å². The number of aromatic nitrogens is 2. The molecule has 164 valence electrons. The van der Waals surface area contributed by atoms with Crippen molar-refractivity contribution in [2.45, 2.75) is 19.5 Å². The molecule has 0 fully saturated rings. The van der Waals surface area contributed by atoms with Crippen molar-refractivity contribution in [3.05, 3.63) is 71.4 Å². The molecule has 4 aromatic rings. The van der Waals surface area contributed by atoms with E-state index in [0.717, 1.165) is 29.5 Å². The van der Waals surface area contributed by atoms with Gasteiger partial charge in [-0.15, -0.1) is 11.3 Å². The number of thiazole rings is 1. The van der Waals surface area contributed by atoms with Gasteiger partial charge in [-0.1, -0.05) is 30.3 Å². The van der Waals surface area contributed by atoms with Crippen LogP contribution in [0.5, 0.6) is 0 Å². The van der Waals surface area contributed by atoms with E-state index in [0.29, 0.717) is 10.7 Å². The highest BCUT2D eigenvalue weighted by molar-refractivity contribution is 7.15. The summed E-state index contributed by atoms with van der Waals surface area (Å²) in [7, 11) is 0. The lowest BCUT2D eigenvalue weighted by atomic mass is 10.1. The highest BCUT2D eigenvalue weighted by Gasteiger charge is 2.31. The van der Waals surface area contributed by atoms with E-state index in [2.05, 4.69) is 15.6 Å². The number of rotatable bonds is 5. The van der Waals surface area contributed by atoms with Gasteiger partial charge in [0.25, 0.3) is 0 Å². The Hall–Kier alpha value is -3.66. The molecule has 0 aliphatic rings. The van der Waals surface area contributed by atoms with E-state index in [1.807, 2.05) is 36.5 Å². The molecule has 0 aliphatic carbocycles. The van der Waals surface area contributed by atoms with Gasteiger partial charge in [0.05, 0.1) is 29.1 Å². The number of carbonyl (C=O) groups is 2. The largest absolute Gasteiger partial charge is 0.416 e. The van der Waals surface area contributed by atoms with Crippen LogP contribution in [0.3, 0.4) is 0 Å². The predicted octanol–water partition coefficient (Wildman–Crippen LogP) is 5.22. The number of hydrogen-bond acceptors (Lipinski definition) is 4. The number of carbonyl (C=O) groups excluding carboxylic acids is 2. The zero-order valence-corrected chi connectivity index (χ0v) is 17.6. The molecular formula is C22H17F3N4O2S. The van der Waals surface area contributed by atoms with Gasteiger partial charge in [-0.2, -0.15) is 13.2 Å². The van der Waals surface area contributed by atoms with E-state index in [4.69, 9.17) is 0 Å². The second-order valence-corrected chi connectivity index (χ2v) is 7.87. The fourth-order valence-corrected chi connectivity index (χ4v) is 4.06. The Kier molecular flexibility index (Phi) is 5.70. The highest BCUT2D eigenvalue weighted by Crippen LogP contribution is 2.34. The molecular weight excluding hydrogens is 441 g/mol. The third-order valence-electron chi connectivity index (χ3n) is 4.63. The maximum atomic E-state index is 13.1. The average molecular weight is 458 g/mol. The first-order valence-electron chi connectivity index (χ1n) is 9.50. The van der Waals surface area contributed by atoms with Crippen molar-refractivity contribution in [3.63, 3.8) is 0 Å². The van der Waals surface area contributed by atoms with Crippen molar-refractivity contribution in [1.82, 2.24) is 9.38 Å². The summed E-state index contributed by atoms with van der Waals surface area (Å²) < 4.78 is 41.1. The lowest BCUT2D eigenvalue weighted by Crippen LogP contribution is -2.18. The van der Waals surface area contributed by atoms with Gasteiger partial charge in [0, 0.05) is 29.8 Å². The molecule has 2 heterocycles. The van der Waals surface area contributed by atoms with Gasteiger partial charge in [0.15, 0.2) is 4.96 Å². The first-order chi connectivity index (χ1) is 15.2. The van der Waals surface area contributed by atoms with Crippen LogP contribution in [0.2, 0.25) is 0 Å². The minimum Gasteiger partial charge on any atom is -0.325 e. The Morgan fingerprint density at radius 2 is 1.81 bits per heavy atom. The SMILES string of the molecule is CC(=O)Nc1ccc(C(F)(F)F)cc1NC(=O)Cc1csc2nc(-c3ccccc3)cn12. The standard InChI is InChI=1S/C22H17F3N4O2S/c1-13(30)26-17-8-7-15(22(23,24)25)9-18(17)27-20(31)10-16-12-32-21-28-19(11-29(16)21)14-5-3-2-4-6-14/h2-9,11-12H,10H2,1H3,(H,26,30)(H,27,31). The number of nitrogens with one attached hydrogen (secondary N) is 2. The van der Waals surface area contributed by atoms with Crippen LogP contribution in [-0.4, -0.2) is 21.2 Å². The number of benzene rings is 2. The Bertz CT molecular complexity index is 1300. The average Bonchev–Trinajstić information content (AvgIpc) is 3.31. The number of halogens is 3. The van der Waals surface area contributed by atoms with Gasteiger partial charge in [0.1, 0.15) is 0 Å². The number of alkyl halides is 3. The highest BCUT2D eigenvalue weighted by atomic mass is 32.1. The summed E-state index contributed by atoms with van der Waals surface area (Å²) in [5.74, 6) is -0.989. The van der Waals surface area contributed by atoms with E-state index in [1.165, 1.54) is 18.3 Å². The molecule has 0 spiro atoms. The summed E-state index contributed by atoms with van der Waals surface area (Å²) >= 11 is 1.36. The number of hydrogen-bond donors (Lipinski definition) is 2. The van der Waals surface area contributed by atoms with Gasteiger partial charge in [-0.3, -0.25) is 14.0 Å². The minimum atomic E-state index is -4.58. The Morgan fingerprint density at radius 1 is 1.06 bits per heavy atom. The summed E-state index contributed by atoms with van der Waals surface area (Å²) in [5.41, 5.74) is 1.37. The molecule has 32 heavy (non-hydrogen) atoms. The normalized spacial score (nSPS) is 11.5. The molecule has 10 heteroatoms. The summed E-state index contributed by atoms with van der Waals surface area (Å²) in [5, 5.41) is 6.70. The van der Waals surface area contributed by atoms with Gasteiger partial charge in [-0.25, -0.2) is 4.98 Å². The summed E-state index contributed by atoms with van der Waals surface area (Å²) in [6, 6.07) is 12.3. The summed E-state index contributed by atoms with van der Waals surface area (Å²) in [6.07, 6.45) is -2.85. The van der Waals surface area contributed by atoms with Crippen molar-refractivity contribution in [3.8, 4) is 11.3 Å². The third-order valence-corrected chi connectivity index (χ3v) is 5.52. The molecule has 0 saturated carbocycles. The van der Waals surface area contributed by atoms with E-state index in [9.17, 15) is 22.8 Å². The molecule has 0 saturated heterocycles. The molecule has 0 radical (unpaired) electrons. The lowest BCUT2D eigenvalue weighted by molar-refractivity contribution is -0.137. The zero-order chi connectivity index (χ0) is 22.9. The number of anilines is 2. The second kappa shape index (κ2) is 8.46. The lowest BCUT2D eigenvalue weighted by Gasteiger charge is -2.14. The van der Waals surface area contributed by atoms with Crippen LogP contribution in [0.1, 0.15) is 18.2 Å². The van der Waals surface area contributed by atoms with Crippen molar-refractivity contribution in [2.75, 3.05) is 10.6 Å². The molecule has 0 unspecified atom stereocenters. The molecule has 0 atom stereocenters. The summed E-state index contributed by atoms with van der Waals surface area (Å²) in [6.45, 7) is 1.23. The molecule has 2 N–H and O–H groups in total. The number of imidazole rings is 1. The van der Waals surface area contributed by atoms with E-state index < -0.39 is 23.6 Å². The number of nitrogens with zero attached hydrogens (tertiary/aromatic N) is 2. The molecule has 2 aromatic heterocycles. The van der Waals surface area contributed by atoms with Gasteiger partial charge in [-0.05, 0) is 18.2 Å². The molecule has 4 rings (SSSR count). The first-order valence-corrected chi connectivity index (χ1v) is 10.4. The first kappa shape index (κ1) is 21.6. The fourth-order valence-electron chi connectivity index (χ4n) is 3.19. The predicted molar refractivity (Wildman–Crippen MR) is 117 cm³/mol. The molecule has 2 amide bonds. The van der Waals surface area contributed by atoms with Crippen LogP contribution in [0.15, 0.2) is 60.1 Å². The van der Waals surface area contributed by atoms with E-state index >= 15 is 0 Å². The Morgan fingerprint density at radius 3 is 2.50 bits per heavy atom.